The van der Waals surface area contributed by atoms with Crippen LogP contribution in [0.1, 0.15) is 29.6 Å². The number of para-hydroxylation sites is 1. The van der Waals surface area contributed by atoms with Crippen LogP contribution in [0.15, 0.2) is 18.2 Å². The Morgan fingerprint density at radius 2 is 2.06 bits per heavy atom. The third-order valence-corrected chi connectivity index (χ3v) is 3.23. The van der Waals surface area contributed by atoms with E-state index in [-0.39, 0.29) is 11.3 Å². The van der Waals surface area contributed by atoms with Crippen molar-refractivity contribution in [1.82, 2.24) is 4.90 Å². The number of halogens is 1. The predicted molar refractivity (Wildman–Crippen MR) is 67.6 cm³/mol. The number of piperidine rings is 1. The maximum Gasteiger partial charge on any atom is 0.165 e. The van der Waals surface area contributed by atoms with Gasteiger partial charge in [-0.25, -0.2) is 4.39 Å². The van der Waals surface area contributed by atoms with E-state index < -0.39 is 5.82 Å². The molecular weight excluding hydrogens is 233 g/mol. The minimum Gasteiger partial charge on any atom is -0.488 e. The highest BCUT2D eigenvalue weighted by molar-refractivity contribution is 5.79. The van der Waals surface area contributed by atoms with E-state index in [0.717, 1.165) is 19.6 Å². The molecule has 0 amide bonds. The summed E-state index contributed by atoms with van der Waals surface area (Å²) in [7, 11) is 0. The van der Waals surface area contributed by atoms with Crippen LogP contribution in [0.3, 0.4) is 0 Å². The first-order valence-electron chi connectivity index (χ1n) is 6.40. The van der Waals surface area contributed by atoms with E-state index >= 15 is 0 Å². The minimum absolute atomic E-state index is 0.0736. The molecule has 0 aromatic heterocycles. The van der Waals surface area contributed by atoms with E-state index in [9.17, 15) is 9.18 Å². The number of ether oxygens (including phenoxy) is 1. The minimum atomic E-state index is -0.474. The molecule has 0 spiro atoms. The molecule has 0 bridgehead atoms. The molecular formula is C14H18FNO2. The summed E-state index contributed by atoms with van der Waals surface area (Å²) in [5, 5.41) is 0. The highest BCUT2D eigenvalue weighted by atomic mass is 19.1. The molecule has 1 aliphatic rings. The van der Waals surface area contributed by atoms with Crippen molar-refractivity contribution in [3.8, 4) is 5.75 Å². The summed E-state index contributed by atoms with van der Waals surface area (Å²) in [5.74, 6) is -0.400. The topological polar surface area (TPSA) is 29.5 Å². The molecule has 0 atom stereocenters. The van der Waals surface area contributed by atoms with Gasteiger partial charge in [-0.2, -0.15) is 0 Å². The molecule has 2 rings (SSSR count). The van der Waals surface area contributed by atoms with Gasteiger partial charge in [-0.3, -0.25) is 9.69 Å². The Balaban J connectivity index is 1.87. The van der Waals surface area contributed by atoms with Crippen molar-refractivity contribution in [2.24, 2.45) is 0 Å². The highest BCUT2D eigenvalue weighted by Gasteiger charge is 2.12. The fourth-order valence-electron chi connectivity index (χ4n) is 2.23. The van der Waals surface area contributed by atoms with Crippen LogP contribution in [-0.2, 0) is 0 Å². The van der Waals surface area contributed by atoms with E-state index in [1.165, 1.54) is 31.4 Å². The van der Waals surface area contributed by atoms with Crippen molar-refractivity contribution in [2.75, 3.05) is 26.2 Å². The van der Waals surface area contributed by atoms with E-state index in [1.807, 2.05) is 0 Å². The van der Waals surface area contributed by atoms with Gasteiger partial charge in [0.25, 0.3) is 0 Å². The van der Waals surface area contributed by atoms with Crippen molar-refractivity contribution in [1.29, 1.82) is 0 Å². The summed E-state index contributed by atoms with van der Waals surface area (Å²) < 4.78 is 18.9. The van der Waals surface area contributed by atoms with Crippen LogP contribution < -0.4 is 4.74 Å². The van der Waals surface area contributed by atoms with Crippen LogP contribution in [0.2, 0.25) is 0 Å². The van der Waals surface area contributed by atoms with Gasteiger partial charge in [0.1, 0.15) is 6.61 Å². The van der Waals surface area contributed by atoms with Crippen molar-refractivity contribution >= 4 is 6.29 Å². The van der Waals surface area contributed by atoms with Crippen LogP contribution >= 0.6 is 0 Å². The molecule has 0 saturated carbocycles. The van der Waals surface area contributed by atoms with Gasteiger partial charge in [-0.05, 0) is 38.1 Å². The summed E-state index contributed by atoms with van der Waals surface area (Å²) in [5.41, 5.74) is 0.272. The molecule has 1 saturated heterocycles. The number of hydrogen-bond acceptors (Lipinski definition) is 3. The van der Waals surface area contributed by atoms with E-state index in [0.29, 0.717) is 12.9 Å². The Morgan fingerprint density at radius 1 is 1.28 bits per heavy atom. The zero-order chi connectivity index (χ0) is 12.8. The Labute approximate surface area is 107 Å². The molecule has 18 heavy (non-hydrogen) atoms. The molecule has 0 radical (unpaired) electrons. The second-order valence-corrected chi connectivity index (χ2v) is 4.53. The van der Waals surface area contributed by atoms with Crippen LogP contribution in [0.5, 0.6) is 5.75 Å². The Kier molecular flexibility index (Phi) is 4.70. The van der Waals surface area contributed by atoms with E-state index in [4.69, 9.17) is 4.74 Å². The van der Waals surface area contributed by atoms with Crippen LogP contribution in [0, 0.1) is 5.82 Å². The lowest BCUT2D eigenvalue weighted by Gasteiger charge is -2.26. The monoisotopic (exact) mass is 251 g/mol. The smallest absolute Gasteiger partial charge is 0.165 e. The average molecular weight is 251 g/mol. The fraction of sp³-hybridized carbons (Fsp3) is 0.500. The maximum absolute atomic E-state index is 13.5. The third kappa shape index (κ3) is 3.29. The summed E-state index contributed by atoms with van der Waals surface area (Å²) in [6.07, 6.45) is 4.36. The number of rotatable bonds is 5. The lowest BCUT2D eigenvalue weighted by molar-refractivity contribution is 0.111. The molecule has 4 heteroatoms. The van der Waals surface area contributed by atoms with Gasteiger partial charge in [0.2, 0.25) is 0 Å². The summed E-state index contributed by atoms with van der Waals surface area (Å²) in [6.45, 7) is 3.37. The van der Waals surface area contributed by atoms with Crippen LogP contribution in [0.4, 0.5) is 4.39 Å². The van der Waals surface area contributed by atoms with Crippen LogP contribution in [-0.4, -0.2) is 37.4 Å². The molecule has 0 N–H and O–H groups in total. The van der Waals surface area contributed by atoms with E-state index in [1.54, 1.807) is 6.07 Å². The normalized spacial score (nSPS) is 16.5. The van der Waals surface area contributed by atoms with Gasteiger partial charge in [0.15, 0.2) is 17.9 Å². The number of likely N-dealkylation sites (tertiary alicyclic amines) is 1. The summed E-state index contributed by atoms with van der Waals surface area (Å²) in [6, 6.07) is 4.38. The zero-order valence-corrected chi connectivity index (χ0v) is 10.4. The maximum atomic E-state index is 13.5. The molecule has 0 unspecified atom stereocenters. The largest absolute Gasteiger partial charge is 0.488 e. The lowest BCUT2D eigenvalue weighted by Crippen LogP contribution is -2.33. The quantitative estimate of drug-likeness (QED) is 0.753. The molecule has 1 fully saturated rings. The first kappa shape index (κ1) is 13.0. The molecule has 98 valence electrons. The van der Waals surface area contributed by atoms with Gasteiger partial charge in [0.05, 0.1) is 5.56 Å². The molecule has 1 aliphatic heterocycles. The molecule has 3 nitrogen and oxygen atoms in total. The number of nitrogens with zero attached hydrogens (tertiary/aromatic N) is 1. The molecule has 0 aliphatic carbocycles. The number of benzene rings is 1. The SMILES string of the molecule is O=Cc1cccc(F)c1OCCN1CCCCC1. The van der Waals surface area contributed by atoms with Gasteiger partial charge >= 0.3 is 0 Å². The molecule has 1 heterocycles. The van der Waals surface area contributed by atoms with Crippen molar-refractivity contribution in [2.45, 2.75) is 19.3 Å². The standard InChI is InChI=1S/C14H18FNO2/c15-13-6-4-5-12(11-17)14(13)18-10-9-16-7-2-1-3-8-16/h4-6,11H,1-3,7-10H2. The van der Waals surface area contributed by atoms with Gasteiger partial charge in [-0.1, -0.05) is 12.5 Å². The Hall–Kier alpha value is -1.42. The molecule has 1 aromatic carbocycles. The Bertz CT molecular complexity index is 403. The lowest BCUT2D eigenvalue weighted by atomic mass is 10.1. The van der Waals surface area contributed by atoms with Gasteiger partial charge < -0.3 is 4.74 Å². The summed E-state index contributed by atoms with van der Waals surface area (Å²) >= 11 is 0. The third-order valence-electron chi connectivity index (χ3n) is 3.23. The summed E-state index contributed by atoms with van der Waals surface area (Å²) in [4.78, 5) is 13.1. The second-order valence-electron chi connectivity index (χ2n) is 4.53. The second kappa shape index (κ2) is 6.50. The number of aldehydes is 1. The van der Waals surface area contributed by atoms with Crippen molar-refractivity contribution in [3.05, 3.63) is 29.6 Å². The van der Waals surface area contributed by atoms with Gasteiger partial charge in [-0.15, -0.1) is 0 Å². The first-order chi connectivity index (χ1) is 8.81. The fourth-order valence-corrected chi connectivity index (χ4v) is 2.23. The van der Waals surface area contributed by atoms with E-state index in [2.05, 4.69) is 4.90 Å². The number of carbonyl (C=O) groups excluding carboxylic acids is 1. The number of hydrogen-bond donors (Lipinski definition) is 0. The predicted octanol–water partition coefficient (Wildman–Crippen LogP) is 2.50. The average Bonchev–Trinajstić information content (AvgIpc) is 2.41. The van der Waals surface area contributed by atoms with Crippen molar-refractivity contribution < 1.29 is 13.9 Å². The van der Waals surface area contributed by atoms with Crippen molar-refractivity contribution in [3.63, 3.8) is 0 Å². The molecule has 1 aromatic rings. The number of carbonyl (C=O) groups is 1. The first-order valence-corrected chi connectivity index (χ1v) is 6.40. The Morgan fingerprint density at radius 3 is 2.78 bits per heavy atom. The highest BCUT2D eigenvalue weighted by Crippen LogP contribution is 2.21. The van der Waals surface area contributed by atoms with Crippen LogP contribution in [0.25, 0.3) is 0 Å². The van der Waals surface area contributed by atoms with Gasteiger partial charge in [0, 0.05) is 6.54 Å². The zero-order valence-electron chi connectivity index (χ0n) is 10.4.